The predicted molar refractivity (Wildman–Crippen MR) is 62.9 cm³/mol. The van der Waals surface area contributed by atoms with Gasteiger partial charge in [-0.05, 0) is 12.1 Å². The largest absolute Gasteiger partial charge is 0.389 e. The van der Waals surface area contributed by atoms with Gasteiger partial charge in [0.15, 0.2) is 0 Å². The zero-order chi connectivity index (χ0) is 13.3. The highest BCUT2D eigenvalue weighted by Crippen LogP contribution is 2.22. The van der Waals surface area contributed by atoms with Crippen molar-refractivity contribution in [1.29, 1.82) is 0 Å². The lowest BCUT2D eigenvalue weighted by atomic mass is 10.3. The number of hydrogen-bond donors (Lipinski definition) is 3. The minimum absolute atomic E-state index is 0.00828. The minimum Gasteiger partial charge on any atom is -0.389 e. The zero-order valence-corrected chi connectivity index (χ0v) is 10.4. The van der Waals surface area contributed by atoms with Crippen LogP contribution in [-0.2, 0) is 16.6 Å². The van der Waals surface area contributed by atoms with Crippen LogP contribution in [0.3, 0.4) is 0 Å². The van der Waals surface area contributed by atoms with Crippen molar-refractivity contribution in [3.63, 3.8) is 0 Å². The van der Waals surface area contributed by atoms with E-state index in [2.05, 4.69) is 4.98 Å². The van der Waals surface area contributed by atoms with Gasteiger partial charge in [-0.1, -0.05) is 0 Å². The van der Waals surface area contributed by atoms with Crippen LogP contribution in [0.15, 0.2) is 23.2 Å². The fourth-order valence-electron chi connectivity index (χ4n) is 1.88. The van der Waals surface area contributed by atoms with Gasteiger partial charge in [0.25, 0.3) is 0 Å². The van der Waals surface area contributed by atoms with Crippen LogP contribution >= 0.6 is 0 Å². The molecule has 0 radical (unpaired) electrons. The maximum Gasteiger partial charge on any atom is 0.245 e. The van der Waals surface area contributed by atoms with Crippen LogP contribution in [0.5, 0.6) is 0 Å². The van der Waals surface area contributed by atoms with E-state index < -0.39 is 22.2 Å². The Hall–Kier alpha value is -1.06. The number of hydrogen-bond acceptors (Lipinski definition) is 6. The molecular formula is C10H15N3O4S. The number of aromatic nitrogens is 1. The van der Waals surface area contributed by atoms with Gasteiger partial charge in [-0.3, -0.25) is 4.98 Å². The Labute approximate surface area is 105 Å². The van der Waals surface area contributed by atoms with Crippen molar-refractivity contribution < 1.29 is 18.6 Å². The molecule has 18 heavy (non-hydrogen) atoms. The molecule has 0 amide bonds. The molecule has 0 bridgehead atoms. The lowest BCUT2D eigenvalue weighted by Gasteiger charge is -2.17. The van der Waals surface area contributed by atoms with Gasteiger partial charge in [0.05, 0.1) is 17.9 Å². The highest BCUT2D eigenvalue weighted by molar-refractivity contribution is 7.89. The summed E-state index contributed by atoms with van der Waals surface area (Å²) >= 11 is 0. The van der Waals surface area contributed by atoms with Gasteiger partial charge in [-0.15, -0.1) is 0 Å². The standard InChI is InChI=1S/C10H15N3O4S/c11-4-7-10(2-1-3-12-7)18(16,17)13-5-8(14)9(15)6-13/h1-3,8-9,14-15H,4-6,11H2. The van der Waals surface area contributed by atoms with Crippen LogP contribution in [0.1, 0.15) is 5.69 Å². The van der Waals surface area contributed by atoms with E-state index in [9.17, 15) is 18.6 Å². The number of nitrogens with zero attached hydrogens (tertiary/aromatic N) is 2. The summed E-state index contributed by atoms with van der Waals surface area (Å²) in [6.07, 6.45) is -0.648. The van der Waals surface area contributed by atoms with E-state index in [1.165, 1.54) is 18.3 Å². The third-order valence-corrected chi connectivity index (χ3v) is 4.79. The summed E-state index contributed by atoms with van der Waals surface area (Å²) in [5.74, 6) is 0. The maximum absolute atomic E-state index is 12.3. The van der Waals surface area contributed by atoms with E-state index in [4.69, 9.17) is 5.73 Å². The molecule has 100 valence electrons. The van der Waals surface area contributed by atoms with Crippen LogP contribution in [-0.4, -0.2) is 53.2 Å². The summed E-state index contributed by atoms with van der Waals surface area (Å²) < 4.78 is 25.7. The van der Waals surface area contributed by atoms with Crippen molar-refractivity contribution in [2.75, 3.05) is 13.1 Å². The molecule has 0 aromatic carbocycles. The molecule has 1 aromatic heterocycles. The van der Waals surface area contributed by atoms with E-state index in [1.54, 1.807) is 0 Å². The topological polar surface area (TPSA) is 117 Å². The summed E-state index contributed by atoms with van der Waals surface area (Å²) in [6, 6.07) is 2.93. The molecule has 2 rings (SSSR count). The van der Waals surface area contributed by atoms with Crippen LogP contribution in [0.2, 0.25) is 0 Å². The normalized spacial score (nSPS) is 25.5. The van der Waals surface area contributed by atoms with E-state index in [1.807, 2.05) is 0 Å². The van der Waals surface area contributed by atoms with Crippen molar-refractivity contribution in [1.82, 2.24) is 9.29 Å². The Morgan fingerprint density at radius 2 is 2.00 bits per heavy atom. The number of pyridine rings is 1. The quantitative estimate of drug-likeness (QED) is 0.602. The molecule has 2 unspecified atom stereocenters. The SMILES string of the molecule is NCc1ncccc1S(=O)(=O)N1CC(O)C(O)C1. The van der Waals surface area contributed by atoms with Gasteiger partial charge < -0.3 is 15.9 Å². The Bertz CT molecular complexity index is 524. The molecule has 8 heteroatoms. The number of aliphatic hydroxyl groups excluding tert-OH is 2. The van der Waals surface area contributed by atoms with Gasteiger partial charge in [0, 0.05) is 25.8 Å². The molecule has 1 saturated heterocycles. The summed E-state index contributed by atoms with van der Waals surface area (Å²) in [7, 11) is -3.78. The number of aliphatic hydroxyl groups is 2. The van der Waals surface area contributed by atoms with Gasteiger partial charge in [0.1, 0.15) is 4.90 Å². The number of rotatable bonds is 3. The van der Waals surface area contributed by atoms with E-state index in [0.717, 1.165) is 4.31 Å². The highest BCUT2D eigenvalue weighted by Gasteiger charge is 2.38. The lowest BCUT2D eigenvalue weighted by Crippen LogP contribution is -2.31. The first-order chi connectivity index (χ1) is 8.46. The zero-order valence-electron chi connectivity index (χ0n) is 9.60. The van der Waals surface area contributed by atoms with E-state index in [0.29, 0.717) is 0 Å². The molecule has 1 aromatic rings. The number of sulfonamides is 1. The average molecular weight is 273 g/mol. The Kier molecular flexibility index (Phi) is 3.64. The molecule has 0 aliphatic carbocycles. The van der Waals surface area contributed by atoms with Crippen molar-refractivity contribution >= 4 is 10.0 Å². The first-order valence-electron chi connectivity index (χ1n) is 5.47. The third kappa shape index (κ3) is 2.25. The van der Waals surface area contributed by atoms with Crippen molar-refractivity contribution in [2.24, 2.45) is 5.73 Å². The van der Waals surface area contributed by atoms with Gasteiger partial charge in [-0.25, -0.2) is 8.42 Å². The van der Waals surface area contributed by atoms with Gasteiger partial charge >= 0.3 is 0 Å². The highest BCUT2D eigenvalue weighted by atomic mass is 32.2. The summed E-state index contributed by atoms with van der Waals surface area (Å²) in [5, 5.41) is 18.8. The smallest absolute Gasteiger partial charge is 0.245 e. The second-order valence-electron chi connectivity index (χ2n) is 4.11. The first-order valence-corrected chi connectivity index (χ1v) is 6.91. The Balaban J connectivity index is 2.37. The molecule has 1 fully saturated rings. The van der Waals surface area contributed by atoms with Crippen LogP contribution < -0.4 is 5.73 Å². The van der Waals surface area contributed by atoms with Crippen molar-refractivity contribution in [3.05, 3.63) is 24.0 Å². The second-order valence-corrected chi connectivity index (χ2v) is 6.02. The fourth-order valence-corrected chi connectivity index (χ4v) is 3.54. The minimum atomic E-state index is -3.78. The third-order valence-electron chi connectivity index (χ3n) is 2.89. The molecule has 4 N–H and O–H groups in total. The van der Waals surface area contributed by atoms with Crippen LogP contribution in [0, 0.1) is 0 Å². The van der Waals surface area contributed by atoms with Crippen LogP contribution in [0.4, 0.5) is 0 Å². The maximum atomic E-state index is 12.3. The monoisotopic (exact) mass is 273 g/mol. The van der Waals surface area contributed by atoms with Gasteiger partial charge in [-0.2, -0.15) is 4.31 Å². The number of nitrogens with two attached hydrogens (primary N) is 1. The van der Waals surface area contributed by atoms with E-state index in [-0.39, 0.29) is 30.2 Å². The van der Waals surface area contributed by atoms with E-state index >= 15 is 0 Å². The molecule has 0 spiro atoms. The molecule has 2 atom stereocenters. The molecule has 1 aliphatic heterocycles. The second kappa shape index (κ2) is 4.90. The lowest BCUT2D eigenvalue weighted by molar-refractivity contribution is 0.0572. The predicted octanol–water partition coefficient (Wildman–Crippen LogP) is -1.73. The summed E-state index contributed by atoms with van der Waals surface area (Å²) in [5.41, 5.74) is 5.73. The molecule has 0 saturated carbocycles. The first kappa shape index (κ1) is 13.4. The van der Waals surface area contributed by atoms with Crippen molar-refractivity contribution in [3.8, 4) is 0 Å². The fraction of sp³-hybridized carbons (Fsp3) is 0.500. The molecule has 1 aliphatic rings. The Morgan fingerprint density at radius 1 is 1.39 bits per heavy atom. The number of β-amino-alcohol motifs (C(OH)–C–C–N with tert-alkyl or cyclic N) is 2. The molecular weight excluding hydrogens is 258 g/mol. The molecule has 7 nitrogen and oxygen atoms in total. The average Bonchev–Trinajstić information content (AvgIpc) is 2.70. The Morgan fingerprint density at radius 3 is 2.56 bits per heavy atom. The molecule has 2 heterocycles. The van der Waals surface area contributed by atoms with Crippen LogP contribution in [0.25, 0.3) is 0 Å². The van der Waals surface area contributed by atoms with Crippen molar-refractivity contribution in [2.45, 2.75) is 23.6 Å². The van der Waals surface area contributed by atoms with Gasteiger partial charge in [0.2, 0.25) is 10.0 Å². The summed E-state index contributed by atoms with van der Waals surface area (Å²) in [4.78, 5) is 3.94. The summed E-state index contributed by atoms with van der Waals surface area (Å²) in [6.45, 7) is -0.237.